The van der Waals surface area contributed by atoms with Crippen molar-refractivity contribution in [2.24, 2.45) is 5.92 Å². The van der Waals surface area contributed by atoms with E-state index in [9.17, 15) is 17.6 Å². The molecule has 5 nitrogen and oxygen atoms in total. The summed E-state index contributed by atoms with van der Waals surface area (Å²) < 4.78 is 38.2. The lowest BCUT2D eigenvalue weighted by Gasteiger charge is -2.15. The number of nitrogens with zero attached hydrogens (tertiary/aromatic N) is 1. The molecule has 0 radical (unpaired) electrons. The summed E-state index contributed by atoms with van der Waals surface area (Å²) in [5, 5.41) is 0. The van der Waals surface area contributed by atoms with Crippen molar-refractivity contribution in [2.45, 2.75) is 19.5 Å². The molecule has 1 aromatic carbocycles. The molecule has 1 heterocycles. The average molecular weight is 314 g/mol. The summed E-state index contributed by atoms with van der Waals surface area (Å²) in [6.07, 6.45) is 0.239. The molecule has 0 aromatic heterocycles. The molecule has 116 valence electrons. The Labute approximate surface area is 124 Å². The zero-order valence-corrected chi connectivity index (χ0v) is 12.9. The third-order valence-corrected chi connectivity index (χ3v) is 4.07. The van der Waals surface area contributed by atoms with Crippen LogP contribution in [0.15, 0.2) is 24.3 Å². The van der Waals surface area contributed by atoms with E-state index in [1.54, 1.807) is 31.2 Å². The number of carbonyl (C=O) groups is 1. The van der Waals surface area contributed by atoms with Gasteiger partial charge in [-0.25, -0.2) is 12.8 Å². The van der Waals surface area contributed by atoms with E-state index in [-0.39, 0.29) is 24.8 Å². The highest BCUT2D eigenvalue weighted by Crippen LogP contribution is 2.21. The van der Waals surface area contributed by atoms with Crippen LogP contribution in [0.3, 0.4) is 0 Å². The van der Waals surface area contributed by atoms with Crippen LogP contribution in [0.4, 0.5) is 10.1 Å². The second-order valence-electron chi connectivity index (χ2n) is 5.54. The Morgan fingerprint density at radius 2 is 2.14 bits per heavy atom. The van der Waals surface area contributed by atoms with Crippen LogP contribution in [0, 0.1) is 5.92 Å². The Hall–Kier alpha value is -1.63. The van der Waals surface area contributed by atoms with Gasteiger partial charge in [-0.3, -0.25) is 9.52 Å². The van der Waals surface area contributed by atoms with Crippen molar-refractivity contribution in [1.29, 1.82) is 0 Å². The molecule has 2 atom stereocenters. The molecule has 0 unspecified atom stereocenters. The molecule has 2 rings (SSSR count). The fraction of sp³-hybridized carbons (Fsp3) is 0.500. The lowest BCUT2D eigenvalue weighted by Crippen LogP contribution is -2.30. The second kappa shape index (κ2) is 6.01. The lowest BCUT2D eigenvalue weighted by atomic mass is 10.1. The van der Waals surface area contributed by atoms with Gasteiger partial charge >= 0.3 is 0 Å². The zero-order chi connectivity index (χ0) is 15.6. The van der Waals surface area contributed by atoms with Crippen molar-refractivity contribution in [3.63, 3.8) is 0 Å². The number of sulfonamides is 1. The number of carbonyl (C=O) groups excluding carboxylic acids is 1. The number of rotatable bonds is 4. The van der Waals surface area contributed by atoms with Crippen molar-refractivity contribution in [2.75, 3.05) is 24.1 Å². The Morgan fingerprint density at radius 3 is 2.71 bits per heavy atom. The van der Waals surface area contributed by atoms with Crippen LogP contribution in [-0.4, -0.2) is 44.7 Å². The van der Waals surface area contributed by atoms with Crippen LogP contribution in [0.1, 0.15) is 12.5 Å². The molecular weight excluding hydrogens is 295 g/mol. The van der Waals surface area contributed by atoms with Gasteiger partial charge in [-0.1, -0.05) is 19.1 Å². The van der Waals surface area contributed by atoms with Gasteiger partial charge in [-0.05, 0) is 17.7 Å². The number of anilines is 1. The zero-order valence-electron chi connectivity index (χ0n) is 12.0. The number of benzene rings is 1. The second-order valence-corrected chi connectivity index (χ2v) is 7.29. The van der Waals surface area contributed by atoms with Crippen LogP contribution in [0.25, 0.3) is 0 Å². The molecule has 0 saturated carbocycles. The van der Waals surface area contributed by atoms with E-state index < -0.39 is 16.2 Å². The predicted molar refractivity (Wildman–Crippen MR) is 79.3 cm³/mol. The molecule has 1 aromatic rings. The standard InChI is InChI=1S/C14H19FN2O3S/c1-10-8-17(9-13(10)15)14(18)7-11-4-3-5-12(6-11)16-21(2,19)20/h3-6,10,13,16H,7-9H2,1-2H3/t10-,13+/m1/s1. The first kappa shape index (κ1) is 15.8. The molecule has 1 fully saturated rings. The molecule has 7 heteroatoms. The smallest absolute Gasteiger partial charge is 0.229 e. The van der Waals surface area contributed by atoms with Gasteiger partial charge in [0.05, 0.1) is 19.2 Å². The minimum atomic E-state index is -3.35. The number of amides is 1. The van der Waals surface area contributed by atoms with Crippen molar-refractivity contribution in [3.8, 4) is 0 Å². The van der Waals surface area contributed by atoms with E-state index in [4.69, 9.17) is 0 Å². The van der Waals surface area contributed by atoms with Crippen LogP contribution < -0.4 is 4.72 Å². The maximum absolute atomic E-state index is 13.4. The number of alkyl halides is 1. The molecule has 1 amide bonds. The fourth-order valence-electron chi connectivity index (χ4n) is 2.38. The topological polar surface area (TPSA) is 66.5 Å². The third kappa shape index (κ3) is 4.42. The summed E-state index contributed by atoms with van der Waals surface area (Å²) in [6.45, 7) is 2.36. The SMILES string of the molecule is C[C@@H]1CN(C(=O)Cc2cccc(NS(C)(=O)=O)c2)C[C@@H]1F. The van der Waals surface area contributed by atoms with Gasteiger partial charge in [-0.15, -0.1) is 0 Å². The van der Waals surface area contributed by atoms with E-state index in [1.807, 2.05) is 0 Å². The van der Waals surface area contributed by atoms with Crippen molar-refractivity contribution >= 4 is 21.6 Å². The van der Waals surface area contributed by atoms with Crippen LogP contribution in [0.5, 0.6) is 0 Å². The average Bonchev–Trinajstić information content (AvgIpc) is 2.68. The van der Waals surface area contributed by atoms with E-state index in [1.165, 1.54) is 4.90 Å². The first-order valence-corrected chi connectivity index (χ1v) is 8.62. The summed E-state index contributed by atoms with van der Waals surface area (Å²) in [6, 6.07) is 6.66. The largest absolute Gasteiger partial charge is 0.339 e. The van der Waals surface area contributed by atoms with Gasteiger partial charge in [0.2, 0.25) is 15.9 Å². The summed E-state index contributed by atoms with van der Waals surface area (Å²) in [4.78, 5) is 13.6. The van der Waals surface area contributed by atoms with E-state index in [0.29, 0.717) is 17.8 Å². The van der Waals surface area contributed by atoms with Gasteiger partial charge in [0.1, 0.15) is 6.17 Å². The number of nitrogens with one attached hydrogen (secondary N) is 1. The van der Waals surface area contributed by atoms with Gasteiger partial charge in [0.15, 0.2) is 0 Å². The molecule has 0 spiro atoms. The first-order valence-electron chi connectivity index (χ1n) is 6.73. The van der Waals surface area contributed by atoms with Crippen molar-refractivity contribution in [1.82, 2.24) is 4.90 Å². The predicted octanol–water partition coefficient (Wildman–Crippen LogP) is 1.42. The minimum Gasteiger partial charge on any atom is -0.339 e. The summed E-state index contributed by atoms with van der Waals surface area (Å²) in [7, 11) is -3.35. The summed E-state index contributed by atoms with van der Waals surface area (Å²) in [5.41, 5.74) is 1.12. The van der Waals surface area contributed by atoms with Gasteiger partial charge in [0.25, 0.3) is 0 Å². The molecule has 1 aliphatic rings. The van der Waals surface area contributed by atoms with Crippen LogP contribution in [-0.2, 0) is 21.2 Å². The quantitative estimate of drug-likeness (QED) is 0.914. The molecule has 1 saturated heterocycles. The summed E-state index contributed by atoms with van der Waals surface area (Å²) in [5.74, 6) is -0.273. The number of hydrogen-bond acceptors (Lipinski definition) is 3. The number of halogens is 1. The Morgan fingerprint density at radius 1 is 1.43 bits per heavy atom. The Kier molecular flexibility index (Phi) is 4.51. The third-order valence-electron chi connectivity index (χ3n) is 3.46. The lowest BCUT2D eigenvalue weighted by molar-refractivity contribution is -0.129. The van der Waals surface area contributed by atoms with Crippen molar-refractivity contribution in [3.05, 3.63) is 29.8 Å². The van der Waals surface area contributed by atoms with Crippen LogP contribution >= 0.6 is 0 Å². The number of hydrogen-bond donors (Lipinski definition) is 1. The highest BCUT2D eigenvalue weighted by molar-refractivity contribution is 7.92. The van der Waals surface area contributed by atoms with Crippen LogP contribution in [0.2, 0.25) is 0 Å². The summed E-state index contributed by atoms with van der Waals surface area (Å²) >= 11 is 0. The normalized spacial score (nSPS) is 22.3. The van der Waals surface area contributed by atoms with E-state index in [2.05, 4.69) is 4.72 Å². The first-order chi connectivity index (χ1) is 9.74. The molecule has 0 aliphatic carbocycles. The highest BCUT2D eigenvalue weighted by atomic mass is 32.2. The van der Waals surface area contributed by atoms with E-state index in [0.717, 1.165) is 6.26 Å². The maximum Gasteiger partial charge on any atom is 0.229 e. The molecule has 0 bridgehead atoms. The Bertz CT molecular complexity index is 623. The molecule has 1 N–H and O–H groups in total. The minimum absolute atomic E-state index is 0.132. The number of likely N-dealkylation sites (tertiary alicyclic amines) is 1. The monoisotopic (exact) mass is 314 g/mol. The van der Waals surface area contributed by atoms with Gasteiger partial charge in [-0.2, -0.15) is 0 Å². The maximum atomic E-state index is 13.4. The molecular formula is C14H19FN2O3S. The van der Waals surface area contributed by atoms with Gasteiger partial charge < -0.3 is 4.90 Å². The highest BCUT2D eigenvalue weighted by Gasteiger charge is 2.32. The van der Waals surface area contributed by atoms with Gasteiger partial charge in [0, 0.05) is 18.2 Å². The molecule has 1 aliphatic heterocycles. The van der Waals surface area contributed by atoms with Crippen molar-refractivity contribution < 1.29 is 17.6 Å². The Balaban J connectivity index is 2.03. The van der Waals surface area contributed by atoms with E-state index >= 15 is 0 Å². The fourth-order valence-corrected chi connectivity index (χ4v) is 2.93. The molecule has 21 heavy (non-hydrogen) atoms.